The quantitative estimate of drug-likeness (QED) is 0.607. The molecule has 1 aromatic rings. The number of hydrogen-bond donors (Lipinski definition) is 2. The summed E-state index contributed by atoms with van der Waals surface area (Å²) in [7, 11) is 0.692. The lowest BCUT2D eigenvalue weighted by Crippen LogP contribution is -2.24. The second-order valence-corrected chi connectivity index (χ2v) is 8.47. The minimum atomic E-state index is -3.34. The molecule has 0 bridgehead atoms. The molecule has 0 saturated heterocycles. The fourth-order valence-corrected chi connectivity index (χ4v) is 4.26. The van der Waals surface area contributed by atoms with Gasteiger partial charge in [-0.1, -0.05) is 6.92 Å². The lowest BCUT2D eigenvalue weighted by Gasteiger charge is -2.09. The molecule has 0 atom stereocenters. The largest absolute Gasteiger partial charge is 0.312 e. The summed E-state index contributed by atoms with van der Waals surface area (Å²) >= 11 is 1.34. The Labute approximate surface area is 132 Å². The van der Waals surface area contributed by atoms with Crippen LogP contribution in [0, 0.1) is 0 Å². The molecule has 1 rings (SSSR count). The smallest absolute Gasteiger partial charge is 0.250 e. The van der Waals surface area contributed by atoms with E-state index in [1.807, 2.05) is 20.2 Å². The summed E-state index contributed by atoms with van der Waals surface area (Å²) in [6, 6.07) is 3.57. The zero-order chi connectivity index (χ0) is 15.7. The summed E-state index contributed by atoms with van der Waals surface area (Å²) in [5.41, 5.74) is 0. The van der Waals surface area contributed by atoms with Gasteiger partial charge in [-0.15, -0.1) is 11.3 Å². The minimum Gasteiger partial charge on any atom is -0.312 e. The van der Waals surface area contributed by atoms with Crippen LogP contribution in [-0.2, 0) is 16.6 Å². The van der Waals surface area contributed by atoms with Gasteiger partial charge in [0.1, 0.15) is 4.21 Å². The first-order chi connectivity index (χ1) is 9.95. The molecule has 0 aliphatic heterocycles. The van der Waals surface area contributed by atoms with Gasteiger partial charge in [0.05, 0.1) is 0 Å². The van der Waals surface area contributed by atoms with Gasteiger partial charge >= 0.3 is 0 Å². The van der Waals surface area contributed by atoms with E-state index in [0.717, 1.165) is 43.8 Å². The molecule has 0 saturated carbocycles. The van der Waals surface area contributed by atoms with Crippen molar-refractivity contribution in [1.29, 1.82) is 0 Å². The number of nitrogens with one attached hydrogen (secondary N) is 2. The van der Waals surface area contributed by atoms with Crippen LogP contribution in [0.25, 0.3) is 0 Å². The highest BCUT2D eigenvalue weighted by molar-refractivity contribution is 7.91. The van der Waals surface area contributed by atoms with Crippen LogP contribution in [-0.4, -0.2) is 47.0 Å². The van der Waals surface area contributed by atoms with Crippen molar-refractivity contribution in [3.63, 3.8) is 0 Å². The zero-order valence-electron chi connectivity index (χ0n) is 13.2. The van der Waals surface area contributed by atoms with Crippen molar-refractivity contribution in [3.05, 3.63) is 17.0 Å². The first-order valence-corrected chi connectivity index (χ1v) is 9.69. The molecule has 2 N–H and O–H groups in total. The summed E-state index contributed by atoms with van der Waals surface area (Å²) in [6.45, 7) is 5.27. The number of sulfonamides is 1. The summed E-state index contributed by atoms with van der Waals surface area (Å²) in [4.78, 5) is 3.15. The second-order valence-electron chi connectivity index (χ2n) is 5.31. The monoisotopic (exact) mass is 333 g/mol. The van der Waals surface area contributed by atoms with E-state index in [9.17, 15) is 8.42 Å². The van der Waals surface area contributed by atoms with Crippen molar-refractivity contribution < 1.29 is 8.42 Å². The summed E-state index contributed by atoms with van der Waals surface area (Å²) in [5.74, 6) is 0. The van der Waals surface area contributed by atoms with Gasteiger partial charge in [-0.2, -0.15) is 0 Å². The van der Waals surface area contributed by atoms with Gasteiger partial charge in [-0.3, -0.25) is 0 Å². The Hall–Kier alpha value is -0.470. The zero-order valence-corrected chi connectivity index (χ0v) is 14.8. The van der Waals surface area contributed by atoms with E-state index in [0.29, 0.717) is 10.8 Å². The molecule has 0 aromatic carbocycles. The molecule has 1 aromatic heterocycles. The van der Waals surface area contributed by atoms with Gasteiger partial charge in [-0.25, -0.2) is 13.1 Å². The molecule has 0 spiro atoms. The molecule has 0 fully saturated rings. The highest BCUT2D eigenvalue weighted by atomic mass is 32.2. The Kier molecular flexibility index (Phi) is 8.43. The molecule has 122 valence electrons. The lowest BCUT2D eigenvalue weighted by molar-refractivity contribution is 0.394. The summed E-state index contributed by atoms with van der Waals surface area (Å²) in [5, 5.41) is 3.28. The van der Waals surface area contributed by atoms with E-state index < -0.39 is 10.0 Å². The van der Waals surface area contributed by atoms with Gasteiger partial charge in [0.15, 0.2) is 0 Å². The maximum absolute atomic E-state index is 12.1. The van der Waals surface area contributed by atoms with Crippen LogP contribution in [0.15, 0.2) is 16.3 Å². The Bertz CT molecular complexity index is 498. The van der Waals surface area contributed by atoms with Crippen molar-refractivity contribution in [2.45, 2.75) is 36.9 Å². The maximum atomic E-state index is 12.1. The standard InChI is InChI=1S/C14H27N3O2S2/c1-4-9-15-12-13-7-8-14(20-13)21(18,19)16-10-5-6-11-17(2)3/h7-8,15-16H,4-6,9-12H2,1-3H3. The van der Waals surface area contributed by atoms with Crippen LogP contribution < -0.4 is 10.0 Å². The Morgan fingerprint density at radius 2 is 1.95 bits per heavy atom. The predicted molar refractivity (Wildman–Crippen MR) is 89.3 cm³/mol. The Morgan fingerprint density at radius 3 is 2.62 bits per heavy atom. The first kappa shape index (κ1) is 18.6. The summed E-state index contributed by atoms with van der Waals surface area (Å²) in [6.07, 6.45) is 2.92. The summed E-state index contributed by atoms with van der Waals surface area (Å²) < 4.78 is 27.4. The number of hydrogen-bond acceptors (Lipinski definition) is 5. The molecule has 7 heteroatoms. The van der Waals surface area contributed by atoms with Gasteiger partial charge < -0.3 is 10.2 Å². The SMILES string of the molecule is CCCNCc1ccc(S(=O)(=O)NCCCCN(C)C)s1. The van der Waals surface area contributed by atoms with Gasteiger partial charge in [-0.05, 0) is 58.6 Å². The number of rotatable bonds is 11. The number of unbranched alkanes of at least 4 members (excludes halogenated alkanes) is 1. The van der Waals surface area contributed by atoms with E-state index in [4.69, 9.17) is 0 Å². The third-order valence-electron chi connectivity index (χ3n) is 2.95. The topological polar surface area (TPSA) is 61.4 Å². The van der Waals surface area contributed by atoms with Crippen molar-refractivity contribution in [3.8, 4) is 0 Å². The van der Waals surface area contributed by atoms with Crippen LogP contribution in [0.2, 0.25) is 0 Å². The van der Waals surface area contributed by atoms with E-state index in [1.165, 1.54) is 11.3 Å². The molecular formula is C14H27N3O2S2. The average molecular weight is 334 g/mol. The third-order valence-corrected chi connectivity index (χ3v) is 5.99. The number of thiophene rings is 1. The fourth-order valence-electron chi connectivity index (χ4n) is 1.82. The molecule has 0 aliphatic rings. The van der Waals surface area contributed by atoms with Gasteiger partial charge in [0.2, 0.25) is 10.0 Å². The van der Waals surface area contributed by atoms with Crippen LogP contribution >= 0.6 is 11.3 Å². The molecule has 0 aliphatic carbocycles. The van der Waals surface area contributed by atoms with Gasteiger partial charge in [0.25, 0.3) is 0 Å². The van der Waals surface area contributed by atoms with E-state index in [2.05, 4.69) is 21.9 Å². The van der Waals surface area contributed by atoms with E-state index in [-0.39, 0.29) is 0 Å². The van der Waals surface area contributed by atoms with Crippen LogP contribution in [0.1, 0.15) is 31.1 Å². The number of nitrogens with zero attached hydrogens (tertiary/aromatic N) is 1. The molecule has 1 heterocycles. The normalized spacial score (nSPS) is 12.2. The Morgan fingerprint density at radius 1 is 1.19 bits per heavy atom. The molecule has 5 nitrogen and oxygen atoms in total. The molecule has 0 amide bonds. The predicted octanol–water partition coefficient (Wildman–Crippen LogP) is 1.87. The lowest BCUT2D eigenvalue weighted by atomic mass is 10.3. The van der Waals surface area contributed by atoms with E-state index in [1.54, 1.807) is 6.07 Å². The van der Waals surface area contributed by atoms with Crippen molar-refractivity contribution >= 4 is 21.4 Å². The van der Waals surface area contributed by atoms with Crippen LogP contribution in [0.5, 0.6) is 0 Å². The molecular weight excluding hydrogens is 306 g/mol. The van der Waals surface area contributed by atoms with Crippen LogP contribution in [0.4, 0.5) is 0 Å². The van der Waals surface area contributed by atoms with Crippen molar-refractivity contribution in [2.75, 3.05) is 33.7 Å². The molecule has 21 heavy (non-hydrogen) atoms. The second kappa shape index (κ2) is 9.53. The highest BCUT2D eigenvalue weighted by Crippen LogP contribution is 2.21. The Balaban J connectivity index is 2.39. The van der Waals surface area contributed by atoms with Crippen molar-refractivity contribution in [2.24, 2.45) is 0 Å². The maximum Gasteiger partial charge on any atom is 0.250 e. The van der Waals surface area contributed by atoms with E-state index >= 15 is 0 Å². The van der Waals surface area contributed by atoms with Crippen LogP contribution in [0.3, 0.4) is 0 Å². The average Bonchev–Trinajstić information content (AvgIpc) is 2.88. The molecule has 0 radical (unpaired) electrons. The third kappa shape index (κ3) is 7.37. The highest BCUT2D eigenvalue weighted by Gasteiger charge is 2.15. The molecule has 0 unspecified atom stereocenters. The minimum absolute atomic E-state index is 0.406. The first-order valence-electron chi connectivity index (χ1n) is 7.39. The van der Waals surface area contributed by atoms with Gasteiger partial charge in [0, 0.05) is 18.0 Å². The fraction of sp³-hybridized carbons (Fsp3) is 0.714. The van der Waals surface area contributed by atoms with Crippen molar-refractivity contribution in [1.82, 2.24) is 14.9 Å².